The van der Waals surface area contributed by atoms with Gasteiger partial charge in [0.2, 0.25) is 5.91 Å². The SMILES string of the molecule is COCCNC(=O)C(C)NC(=O)N(C)C(C)C(=O)O. The minimum atomic E-state index is -1.12. The largest absolute Gasteiger partial charge is 0.480 e. The molecule has 0 rings (SSSR count). The third-order valence-corrected chi connectivity index (χ3v) is 2.60. The standard InChI is InChI=1S/C11H21N3O5/c1-7(9(15)12-5-6-19-4)13-11(18)14(3)8(2)10(16)17/h7-8H,5-6H2,1-4H3,(H,12,15)(H,13,18)(H,16,17). The van der Waals surface area contributed by atoms with Crippen LogP contribution in [-0.4, -0.2) is 67.3 Å². The summed E-state index contributed by atoms with van der Waals surface area (Å²) in [4.78, 5) is 35.0. The van der Waals surface area contributed by atoms with Crippen LogP contribution in [0.5, 0.6) is 0 Å². The molecule has 0 aliphatic carbocycles. The highest BCUT2D eigenvalue weighted by molar-refractivity contribution is 5.88. The average Bonchev–Trinajstić information content (AvgIpc) is 2.36. The highest BCUT2D eigenvalue weighted by atomic mass is 16.5. The van der Waals surface area contributed by atoms with Gasteiger partial charge >= 0.3 is 12.0 Å². The monoisotopic (exact) mass is 275 g/mol. The van der Waals surface area contributed by atoms with E-state index in [1.54, 1.807) is 0 Å². The Morgan fingerprint density at radius 3 is 2.37 bits per heavy atom. The average molecular weight is 275 g/mol. The van der Waals surface area contributed by atoms with Crippen molar-refractivity contribution >= 4 is 17.9 Å². The Labute approximate surface area is 112 Å². The second kappa shape index (κ2) is 8.30. The fourth-order valence-electron chi connectivity index (χ4n) is 1.12. The number of amides is 3. The molecule has 3 amide bonds. The van der Waals surface area contributed by atoms with Crippen LogP contribution in [0.25, 0.3) is 0 Å². The molecule has 0 aliphatic rings. The van der Waals surface area contributed by atoms with Crippen LogP contribution >= 0.6 is 0 Å². The van der Waals surface area contributed by atoms with Gasteiger partial charge in [0.15, 0.2) is 0 Å². The number of nitrogens with zero attached hydrogens (tertiary/aromatic N) is 1. The zero-order valence-electron chi connectivity index (χ0n) is 11.6. The molecule has 8 nitrogen and oxygen atoms in total. The first kappa shape index (κ1) is 17.2. The quantitative estimate of drug-likeness (QED) is 0.530. The molecule has 8 heteroatoms. The Hall–Kier alpha value is -1.83. The summed E-state index contributed by atoms with van der Waals surface area (Å²) in [5, 5.41) is 13.8. The van der Waals surface area contributed by atoms with Gasteiger partial charge in [0.25, 0.3) is 0 Å². The Bertz CT molecular complexity index is 334. The highest BCUT2D eigenvalue weighted by Crippen LogP contribution is 1.97. The molecule has 0 aromatic rings. The van der Waals surface area contributed by atoms with E-state index < -0.39 is 24.1 Å². The summed E-state index contributed by atoms with van der Waals surface area (Å²) in [5.74, 6) is -1.48. The first-order chi connectivity index (χ1) is 8.81. The summed E-state index contributed by atoms with van der Waals surface area (Å²) in [6, 6.07) is -2.35. The van der Waals surface area contributed by atoms with Crippen molar-refractivity contribution in [1.82, 2.24) is 15.5 Å². The number of carbonyl (C=O) groups is 3. The minimum absolute atomic E-state index is 0.344. The van der Waals surface area contributed by atoms with Crippen LogP contribution in [0.2, 0.25) is 0 Å². The normalized spacial score (nSPS) is 13.3. The number of carbonyl (C=O) groups excluding carboxylic acids is 2. The van der Waals surface area contributed by atoms with Gasteiger partial charge in [0.05, 0.1) is 6.61 Å². The molecule has 0 aromatic carbocycles. The zero-order chi connectivity index (χ0) is 15.0. The Morgan fingerprint density at radius 2 is 1.89 bits per heavy atom. The molecule has 0 spiro atoms. The van der Waals surface area contributed by atoms with Gasteiger partial charge in [0.1, 0.15) is 12.1 Å². The second-order valence-electron chi connectivity index (χ2n) is 4.08. The first-order valence-corrected chi connectivity index (χ1v) is 5.84. The van der Waals surface area contributed by atoms with Gasteiger partial charge in [-0.2, -0.15) is 0 Å². The predicted octanol–water partition coefficient (Wildman–Crippen LogP) is -0.748. The van der Waals surface area contributed by atoms with Crippen molar-refractivity contribution in [2.45, 2.75) is 25.9 Å². The van der Waals surface area contributed by atoms with Gasteiger partial charge in [0, 0.05) is 20.7 Å². The van der Waals surface area contributed by atoms with Crippen molar-refractivity contribution < 1.29 is 24.2 Å². The highest BCUT2D eigenvalue weighted by Gasteiger charge is 2.24. The molecule has 2 unspecified atom stereocenters. The number of urea groups is 1. The maximum atomic E-state index is 11.7. The Kier molecular flexibility index (Phi) is 7.50. The molecule has 2 atom stereocenters. The van der Waals surface area contributed by atoms with Crippen molar-refractivity contribution in [1.29, 1.82) is 0 Å². The molecule has 110 valence electrons. The van der Waals surface area contributed by atoms with E-state index in [1.807, 2.05) is 0 Å². The van der Waals surface area contributed by atoms with Crippen molar-refractivity contribution in [2.75, 3.05) is 27.3 Å². The number of likely N-dealkylation sites (N-methyl/N-ethyl adjacent to an activating group) is 1. The molecule has 0 heterocycles. The molecule has 19 heavy (non-hydrogen) atoms. The number of ether oxygens (including phenoxy) is 1. The van der Waals surface area contributed by atoms with E-state index in [0.29, 0.717) is 13.2 Å². The van der Waals surface area contributed by atoms with Gasteiger partial charge in [-0.1, -0.05) is 0 Å². The van der Waals surface area contributed by atoms with Crippen LogP contribution in [0.1, 0.15) is 13.8 Å². The van der Waals surface area contributed by atoms with Crippen molar-refractivity contribution in [3.8, 4) is 0 Å². The number of aliphatic carboxylic acids is 1. The van der Waals surface area contributed by atoms with E-state index in [-0.39, 0.29) is 5.91 Å². The fraction of sp³-hybridized carbons (Fsp3) is 0.727. The third-order valence-electron chi connectivity index (χ3n) is 2.60. The third kappa shape index (κ3) is 6.05. The Balaban J connectivity index is 4.24. The van der Waals surface area contributed by atoms with Gasteiger partial charge < -0.3 is 25.4 Å². The maximum Gasteiger partial charge on any atom is 0.326 e. The number of methoxy groups -OCH3 is 1. The zero-order valence-corrected chi connectivity index (χ0v) is 11.6. The lowest BCUT2D eigenvalue weighted by molar-refractivity contribution is -0.141. The number of nitrogens with one attached hydrogen (secondary N) is 2. The molecule has 3 N–H and O–H groups in total. The molecule has 0 radical (unpaired) electrons. The van der Waals surface area contributed by atoms with E-state index >= 15 is 0 Å². The molecule has 0 aliphatic heterocycles. The van der Waals surface area contributed by atoms with Crippen molar-refractivity contribution in [3.05, 3.63) is 0 Å². The molecule has 0 saturated heterocycles. The molecule has 0 aromatic heterocycles. The smallest absolute Gasteiger partial charge is 0.326 e. The minimum Gasteiger partial charge on any atom is -0.480 e. The number of carboxylic acid groups (broad SMARTS) is 1. The summed E-state index contributed by atoms with van der Waals surface area (Å²) in [6.07, 6.45) is 0. The van der Waals surface area contributed by atoms with E-state index in [2.05, 4.69) is 10.6 Å². The lowest BCUT2D eigenvalue weighted by Crippen LogP contribution is -2.52. The van der Waals surface area contributed by atoms with E-state index in [9.17, 15) is 14.4 Å². The van der Waals surface area contributed by atoms with Crippen molar-refractivity contribution in [2.24, 2.45) is 0 Å². The summed E-state index contributed by atoms with van der Waals surface area (Å²) in [7, 11) is 2.86. The number of hydrogen-bond donors (Lipinski definition) is 3. The first-order valence-electron chi connectivity index (χ1n) is 5.84. The molecule has 0 bridgehead atoms. The van der Waals surface area contributed by atoms with Crippen LogP contribution in [0, 0.1) is 0 Å². The predicted molar refractivity (Wildman–Crippen MR) is 67.7 cm³/mol. The van der Waals surface area contributed by atoms with Crippen LogP contribution in [0.4, 0.5) is 4.79 Å². The van der Waals surface area contributed by atoms with Crippen LogP contribution in [-0.2, 0) is 14.3 Å². The van der Waals surface area contributed by atoms with Gasteiger partial charge in [-0.25, -0.2) is 9.59 Å². The van der Waals surface area contributed by atoms with Gasteiger partial charge in [-0.3, -0.25) is 4.79 Å². The Morgan fingerprint density at radius 1 is 1.32 bits per heavy atom. The van der Waals surface area contributed by atoms with E-state index in [0.717, 1.165) is 4.90 Å². The fourth-order valence-corrected chi connectivity index (χ4v) is 1.12. The summed E-state index contributed by atoms with van der Waals surface area (Å²) in [5.41, 5.74) is 0. The van der Waals surface area contributed by atoms with E-state index in [4.69, 9.17) is 9.84 Å². The van der Waals surface area contributed by atoms with Crippen LogP contribution < -0.4 is 10.6 Å². The molecule has 0 saturated carbocycles. The second-order valence-corrected chi connectivity index (χ2v) is 4.08. The number of hydrogen-bond acceptors (Lipinski definition) is 4. The van der Waals surface area contributed by atoms with E-state index in [1.165, 1.54) is 28.0 Å². The lowest BCUT2D eigenvalue weighted by Gasteiger charge is -2.24. The van der Waals surface area contributed by atoms with Crippen LogP contribution in [0.15, 0.2) is 0 Å². The summed E-state index contributed by atoms with van der Waals surface area (Å²) >= 11 is 0. The summed E-state index contributed by atoms with van der Waals surface area (Å²) < 4.78 is 4.77. The molecular formula is C11H21N3O5. The van der Waals surface area contributed by atoms with Gasteiger partial charge in [-0.15, -0.1) is 0 Å². The molecular weight excluding hydrogens is 254 g/mol. The maximum absolute atomic E-state index is 11.7. The number of rotatable bonds is 7. The lowest BCUT2D eigenvalue weighted by atomic mass is 10.3. The van der Waals surface area contributed by atoms with Crippen LogP contribution in [0.3, 0.4) is 0 Å². The summed E-state index contributed by atoms with van der Waals surface area (Å²) in [6.45, 7) is 3.61. The van der Waals surface area contributed by atoms with Gasteiger partial charge in [-0.05, 0) is 13.8 Å². The number of carboxylic acids is 1. The molecule has 0 fully saturated rings. The topological polar surface area (TPSA) is 108 Å². The van der Waals surface area contributed by atoms with Crippen molar-refractivity contribution in [3.63, 3.8) is 0 Å².